The summed E-state index contributed by atoms with van der Waals surface area (Å²) < 4.78 is 5.26. The molecule has 1 aliphatic heterocycles. The quantitative estimate of drug-likeness (QED) is 0.821. The molecule has 1 heterocycles. The molecule has 116 valence electrons. The zero-order chi connectivity index (χ0) is 15.2. The zero-order valence-corrected chi connectivity index (χ0v) is 12.7. The molecule has 1 saturated heterocycles. The molecule has 2 N–H and O–H groups in total. The van der Waals surface area contributed by atoms with E-state index in [0.717, 1.165) is 30.8 Å². The number of aliphatic hydroxyl groups is 1. The van der Waals surface area contributed by atoms with E-state index in [1.165, 1.54) is 0 Å². The van der Waals surface area contributed by atoms with Crippen LogP contribution in [0.1, 0.15) is 18.9 Å². The lowest BCUT2D eigenvalue weighted by Crippen LogP contribution is -2.36. The number of methoxy groups -OCH3 is 1. The van der Waals surface area contributed by atoms with Gasteiger partial charge in [0.15, 0.2) is 0 Å². The number of amides is 1. The second kappa shape index (κ2) is 7.43. The molecule has 1 amide bonds. The van der Waals surface area contributed by atoms with Gasteiger partial charge in [-0.1, -0.05) is 18.2 Å². The minimum Gasteiger partial charge on any atom is -0.496 e. The van der Waals surface area contributed by atoms with Crippen LogP contribution in [0.4, 0.5) is 0 Å². The Balaban J connectivity index is 1.78. The first-order valence-corrected chi connectivity index (χ1v) is 7.39. The number of benzene rings is 1. The normalized spacial score (nSPS) is 20.2. The number of nitrogens with one attached hydrogen (secondary N) is 1. The lowest BCUT2D eigenvalue weighted by Gasteiger charge is -2.17. The summed E-state index contributed by atoms with van der Waals surface area (Å²) in [5.41, 5.74) is 0.969. The van der Waals surface area contributed by atoms with Gasteiger partial charge < -0.3 is 15.2 Å². The van der Waals surface area contributed by atoms with Crippen LogP contribution in [-0.4, -0.2) is 48.8 Å². The van der Waals surface area contributed by atoms with Gasteiger partial charge in [0.2, 0.25) is 5.91 Å². The molecule has 5 heteroatoms. The number of aliphatic hydroxyl groups excluding tert-OH is 1. The molecule has 0 saturated carbocycles. The van der Waals surface area contributed by atoms with Crippen molar-refractivity contribution in [3.63, 3.8) is 0 Å². The summed E-state index contributed by atoms with van der Waals surface area (Å²) in [6, 6.07) is 7.66. The van der Waals surface area contributed by atoms with Gasteiger partial charge in [-0.3, -0.25) is 9.69 Å². The van der Waals surface area contributed by atoms with E-state index in [2.05, 4.69) is 10.2 Å². The van der Waals surface area contributed by atoms with Crippen LogP contribution in [0.5, 0.6) is 5.75 Å². The smallest absolute Gasteiger partial charge is 0.234 e. The molecule has 1 aromatic carbocycles. The van der Waals surface area contributed by atoms with Crippen LogP contribution in [0.15, 0.2) is 24.3 Å². The fourth-order valence-electron chi connectivity index (χ4n) is 2.70. The number of ether oxygens (including phenoxy) is 1. The van der Waals surface area contributed by atoms with E-state index in [9.17, 15) is 9.90 Å². The Morgan fingerprint density at radius 2 is 2.29 bits per heavy atom. The second-order valence-electron chi connectivity index (χ2n) is 5.61. The summed E-state index contributed by atoms with van der Waals surface area (Å²) in [6.07, 6.45) is 0.656. The van der Waals surface area contributed by atoms with Crippen LogP contribution >= 0.6 is 0 Å². The third-order valence-electron chi connectivity index (χ3n) is 4.03. The standard InChI is InChI=1S/C16H24N2O3/c1-12(19)14-7-8-18(10-14)11-16(20)17-9-13-5-3-4-6-15(13)21-2/h3-6,12,14,19H,7-11H2,1-2H3,(H,17,20). The molecule has 2 atom stereocenters. The molecular weight excluding hydrogens is 268 g/mol. The highest BCUT2D eigenvalue weighted by atomic mass is 16.5. The molecule has 2 unspecified atom stereocenters. The first-order valence-electron chi connectivity index (χ1n) is 7.39. The van der Waals surface area contributed by atoms with E-state index in [0.29, 0.717) is 13.1 Å². The van der Waals surface area contributed by atoms with Gasteiger partial charge in [0.1, 0.15) is 5.75 Å². The van der Waals surface area contributed by atoms with Crippen molar-refractivity contribution in [1.29, 1.82) is 0 Å². The number of hydrogen-bond acceptors (Lipinski definition) is 4. The first-order chi connectivity index (χ1) is 10.1. The van der Waals surface area contributed by atoms with Gasteiger partial charge in [0, 0.05) is 18.7 Å². The molecule has 1 aliphatic rings. The minimum absolute atomic E-state index is 0.00662. The fraction of sp³-hybridized carbons (Fsp3) is 0.562. The molecule has 0 radical (unpaired) electrons. The van der Waals surface area contributed by atoms with Crippen LogP contribution in [0.25, 0.3) is 0 Å². The van der Waals surface area contributed by atoms with Gasteiger partial charge in [-0.05, 0) is 31.9 Å². The number of carbonyl (C=O) groups is 1. The second-order valence-corrected chi connectivity index (χ2v) is 5.61. The average Bonchev–Trinajstić information content (AvgIpc) is 2.94. The van der Waals surface area contributed by atoms with Crippen LogP contribution in [0, 0.1) is 5.92 Å². The van der Waals surface area contributed by atoms with Gasteiger partial charge in [-0.2, -0.15) is 0 Å². The maximum Gasteiger partial charge on any atom is 0.234 e. The van der Waals surface area contributed by atoms with Crippen molar-refractivity contribution in [3.8, 4) is 5.75 Å². The maximum absolute atomic E-state index is 12.0. The average molecular weight is 292 g/mol. The summed E-state index contributed by atoms with van der Waals surface area (Å²) in [5.74, 6) is 1.08. The van der Waals surface area contributed by atoms with E-state index in [1.54, 1.807) is 7.11 Å². The first kappa shape index (κ1) is 15.8. The Bertz CT molecular complexity index is 476. The molecule has 0 aliphatic carbocycles. The van der Waals surface area contributed by atoms with E-state index in [1.807, 2.05) is 31.2 Å². The largest absolute Gasteiger partial charge is 0.496 e. The Morgan fingerprint density at radius 3 is 2.95 bits per heavy atom. The predicted molar refractivity (Wildman–Crippen MR) is 81.1 cm³/mol. The van der Waals surface area contributed by atoms with Crippen molar-refractivity contribution in [2.24, 2.45) is 5.92 Å². The number of carbonyl (C=O) groups excluding carboxylic acids is 1. The summed E-state index contributed by atoms with van der Waals surface area (Å²) in [7, 11) is 1.63. The molecule has 5 nitrogen and oxygen atoms in total. The van der Waals surface area contributed by atoms with Crippen LogP contribution in [0.3, 0.4) is 0 Å². The summed E-state index contributed by atoms with van der Waals surface area (Å²) >= 11 is 0. The molecule has 1 fully saturated rings. The molecule has 0 aromatic heterocycles. The predicted octanol–water partition coefficient (Wildman–Crippen LogP) is 1.01. The van der Waals surface area contributed by atoms with E-state index < -0.39 is 0 Å². The Hall–Kier alpha value is -1.59. The Labute approximate surface area is 125 Å². The van der Waals surface area contributed by atoms with E-state index in [-0.39, 0.29) is 17.9 Å². The van der Waals surface area contributed by atoms with Crippen molar-refractivity contribution in [2.45, 2.75) is 26.0 Å². The highest BCUT2D eigenvalue weighted by Gasteiger charge is 2.26. The number of rotatable bonds is 6. The highest BCUT2D eigenvalue weighted by molar-refractivity contribution is 5.78. The van der Waals surface area contributed by atoms with Crippen molar-refractivity contribution >= 4 is 5.91 Å². The summed E-state index contributed by atoms with van der Waals surface area (Å²) in [5, 5.41) is 12.5. The fourth-order valence-corrected chi connectivity index (χ4v) is 2.70. The van der Waals surface area contributed by atoms with Crippen LogP contribution < -0.4 is 10.1 Å². The number of likely N-dealkylation sites (tertiary alicyclic amines) is 1. The van der Waals surface area contributed by atoms with Crippen molar-refractivity contribution in [3.05, 3.63) is 29.8 Å². The summed E-state index contributed by atoms with van der Waals surface area (Å²) in [4.78, 5) is 14.1. The van der Waals surface area contributed by atoms with E-state index in [4.69, 9.17) is 4.74 Å². The Kier molecular flexibility index (Phi) is 5.59. The van der Waals surface area contributed by atoms with Gasteiger partial charge in [-0.15, -0.1) is 0 Å². The van der Waals surface area contributed by atoms with Crippen LogP contribution in [0.2, 0.25) is 0 Å². The lowest BCUT2D eigenvalue weighted by atomic mass is 10.0. The SMILES string of the molecule is COc1ccccc1CNC(=O)CN1CCC(C(C)O)C1. The lowest BCUT2D eigenvalue weighted by molar-refractivity contribution is -0.122. The minimum atomic E-state index is -0.299. The van der Waals surface area contributed by atoms with Crippen LogP contribution in [-0.2, 0) is 11.3 Å². The van der Waals surface area contributed by atoms with Crippen molar-refractivity contribution in [2.75, 3.05) is 26.7 Å². The van der Waals surface area contributed by atoms with Gasteiger partial charge in [-0.25, -0.2) is 0 Å². The molecule has 0 bridgehead atoms. The molecule has 21 heavy (non-hydrogen) atoms. The van der Waals surface area contributed by atoms with Crippen molar-refractivity contribution in [1.82, 2.24) is 10.2 Å². The van der Waals surface area contributed by atoms with Crippen molar-refractivity contribution < 1.29 is 14.6 Å². The Morgan fingerprint density at radius 1 is 1.52 bits per heavy atom. The molecule has 1 aromatic rings. The molecular formula is C16H24N2O3. The van der Waals surface area contributed by atoms with Gasteiger partial charge >= 0.3 is 0 Å². The topological polar surface area (TPSA) is 61.8 Å². The third kappa shape index (κ3) is 4.44. The molecule has 2 rings (SSSR count). The maximum atomic E-state index is 12.0. The number of hydrogen-bond donors (Lipinski definition) is 2. The highest BCUT2D eigenvalue weighted by Crippen LogP contribution is 2.19. The van der Waals surface area contributed by atoms with Gasteiger partial charge in [0.25, 0.3) is 0 Å². The third-order valence-corrected chi connectivity index (χ3v) is 4.03. The number of nitrogens with zero attached hydrogens (tertiary/aromatic N) is 1. The monoisotopic (exact) mass is 292 g/mol. The zero-order valence-electron chi connectivity index (χ0n) is 12.7. The molecule has 0 spiro atoms. The van der Waals surface area contributed by atoms with E-state index >= 15 is 0 Å². The van der Waals surface area contributed by atoms with Gasteiger partial charge in [0.05, 0.1) is 19.8 Å². The number of para-hydroxylation sites is 1. The summed E-state index contributed by atoms with van der Waals surface area (Å²) in [6.45, 7) is 4.34.